The molecule has 0 spiro atoms. The fourth-order valence-electron chi connectivity index (χ4n) is 3.01. The fourth-order valence-corrected chi connectivity index (χ4v) is 3.86. The summed E-state index contributed by atoms with van der Waals surface area (Å²) in [6, 6.07) is 13.6. The highest BCUT2D eigenvalue weighted by molar-refractivity contribution is 7.12. The third-order valence-corrected chi connectivity index (χ3v) is 5.27. The van der Waals surface area contributed by atoms with E-state index in [-0.39, 0.29) is 11.5 Å². The van der Waals surface area contributed by atoms with Crippen LogP contribution in [-0.4, -0.2) is 23.1 Å². The van der Waals surface area contributed by atoms with E-state index in [1.807, 2.05) is 0 Å². The SMILES string of the molecule is O=CN(c1ccccc1)N1C(=O)C(C(=O)c2cccs2)c2ncc(Cl)cc21. The number of benzene rings is 1. The lowest BCUT2D eigenvalue weighted by molar-refractivity contribution is -0.120. The van der Waals surface area contributed by atoms with E-state index in [0.29, 0.717) is 27.7 Å². The molecule has 1 aliphatic rings. The van der Waals surface area contributed by atoms with Gasteiger partial charge in [0.25, 0.3) is 5.91 Å². The van der Waals surface area contributed by atoms with Crippen molar-refractivity contribution in [2.45, 2.75) is 5.92 Å². The van der Waals surface area contributed by atoms with Crippen LogP contribution in [0.2, 0.25) is 5.02 Å². The number of anilines is 2. The molecular weight excluding hydrogens is 386 g/mol. The highest BCUT2D eigenvalue weighted by Crippen LogP contribution is 2.41. The second-order valence-electron chi connectivity index (χ2n) is 5.77. The Hall–Kier alpha value is -3.03. The summed E-state index contributed by atoms with van der Waals surface area (Å²) in [5.74, 6) is -2.02. The summed E-state index contributed by atoms with van der Waals surface area (Å²) in [7, 11) is 0. The van der Waals surface area contributed by atoms with Gasteiger partial charge in [-0.25, -0.2) is 10.0 Å². The Morgan fingerprint density at radius 3 is 2.67 bits per heavy atom. The largest absolute Gasteiger partial charge is 0.292 e. The van der Waals surface area contributed by atoms with Crippen LogP contribution in [0.1, 0.15) is 21.3 Å². The number of nitrogens with zero attached hydrogens (tertiary/aromatic N) is 3. The predicted octanol–water partition coefficient (Wildman–Crippen LogP) is 3.69. The van der Waals surface area contributed by atoms with Crippen molar-refractivity contribution in [2.75, 3.05) is 10.0 Å². The van der Waals surface area contributed by atoms with Gasteiger partial charge in [-0.05, 0) is 29.6 Å². The lowest BCUT2D eigenvalue weighted by Crippen LogP contribution is -2.45. The molecule has 1 aromatic carbocycles. The number of carbonyl (C=O) groups is 3. The number of fused-ring (bicyclic) bond motifs is 1. The van der Waals surface area contributed by atoms with Gasteiger partial charge in [0.2, 0.25) is 6.41 Å². The van der Waals surface area contributed by atoms with Crippen LogP contribution >= 0.6 is 22.9 Å². The minimum absolute atomic E-state index is 0.283. The number of halogens is 1. The van der Waals surface area contributed by atoms with Crippen molar-refractivity contribution in [3.63, 3.8) is 0 Å². The Balaban J connectivity index is 1.84. The number of aromatic nitrogens is 1. The van der Waals surface area contributed by atoms with Crippen molar-refractivity contribution >= 4 is 52.4 Å². The molecule has 134 valence electrons. The van der Waals surface area contributed by atoms with E-state index in [2.05, 4.69) is 4.98 Å². The lowest BCUT2D eigenvalue weighted by Gasteiger charge is -2.28. The molecule has 1 unspecified atom stereocenters. The molecule has 2 amide bonds. The number of amides is 2. The van der Waals surface area contributed by atoms with Crippen molar-refractivity contribution in [3.05, 3.63) is 75.7 Å². The van der Waals surface area contributed by atoms with E-state index >= 15 is 0 Å². The Labute approximate surface area is 163 Å². The first kappa shape index (κ1) is 17.4. The number of hydrogen-bond donors (Lipinski definition) is 0. The predicted molar refractivity (Wildman–Crippen MR) is 103 cm³/mol. The second-order valence-corrected chi connectivity index (χ2v) is 7.15. The number of hydrogen-bond acceptors (Lipinski definition) is 5. The molecule has 3 heterocycles. The van der Waals surface area contributed by atoms with Crippen molar-refractivity contribution in [2.24, 2.45) is 0 Å². The van der Waals surface area contributed by atoms with Crippen LogP contribution in [-0.2, 0) is 9.59 Å². The highest BCUT2D eigenvalue weighted by Gasteiger charge is 2.46. The number of carbonyl (C=O) groups excluding carboxylic acids is 3. The summed E-state index contributed by atoms with van der Waals surface area (Å²) in [5.41, 5.74) is 1.08. The standard InChI is InChI=1S/C19H12ClN3O3S/c20-12-9-14-17(21-10-12)16(18(25)15-7-4-8-27-15)19(26)23(14)22(11-24)13-5-2-1-3-6-13/h1-11,16H. The molecule has 8 heteroatoms. The summed E-state index contributed by atoms with van der Waals surface area (Å²) < 4.78 is 0. The number of rotatable bonds is 5. The molecular formula is C19H12ClN3O3S. The minimum atomic E-state index is -1.12. The van der Waals surface area contributed by atoms with Gasteiger partial charge < -0.3 is 0 Å². The molecule has 0 radical (unpaired) electrons. The molecule has 2 aromatic heterocycles. The molecule has 4 rings (SSSR count). The summed E-state index contributed by atoms with van der Waals surface area (Å²) >= 11 is 7.32. The van der Waals surface area contributed by atoms with Gasteiger partial charge in [-0.15, -0.1) is 11.3 Å². The summed E-state index contributed by atoms with van der Waals surface area (Å²) in [6.45, 7) is 0. The van der Waals surface area contributed by atoms with Crippen LogP contribution in [0.4, 0.5) is 11.4 Å². The van der Waals surface area contributed by atoms with Gasteiger partial charge in [-0.2, -0.15) is 0 Å². The summed E-state index contributed by atoms with van der Waals surface area (Å²) in [5, 5.41) is 4.38. The topological polar surface area (TPSA) is 70.6 Å². The second kappa shape index (κ2) is 6.94. The number of hydrazine groups is 1. The summed E-state index contributed by atoms with van der Waals surface area (Å²) in [6.07, 6.45) is 1.91. The maximum atomic E-state index is 13.2. The van der Waals surface area contributed by atoms with Gasteiger partial charge in [-0.1, -0.05) is 35.9 Å². The molecule has 0 bridgehead atoms. The zero-order valence-corrected chi connectivity index (χ0v) is 15.4. The highest BCUT2D eigenvalue weighted by atomic mass is 35.5. The zero-order chi connectivity index (χ0) is 19.0. The number of thiophene rings is 1. The van der Waals surface area contributed by atoms with Crippen LogP contribution < -0.4 is 10.0 Å². The van der Waals surface area contributed by atoms with Gasteiger partial charge >= 0.3 is 0 Å². The van der Waals surface area contributed by atoms with Gasteiger partial charge in [-0.3, -0.25) is 19.4 Å². The molecule has 0 N–H and O–H groups in total. The number of Topliss-reactive ketones (excluding diaryl/α,β-unsaturated/α-hetero) is 1. The van der Waals surface area contributed by atoms with Crippen molar-refractivity contribution < 1.29 is 14.4 Å². The molecule has 1 aliphatic heterocycles. The van der Waals surface area contributed by atoms with Gasteiger partial charge in [0.15, 0.2) is 5.78 Å². The number of ketones is 1. The normalized spacial score (nSPS) is 15.5. The zero-order valence-electron chi connectivity index (χ0n) is 13.8. The Morgan fingerprint density at radius 2 is 2.00 bits per heavy atom. The van der Waals surface area contributed by atoms with E-state index in [0.717, 1.165) is 10.0 Å². The number of para-hydroxylation sites is 1. The fraction of sp³-hybridized carbons (Fsp3) is 0.0526. The first-order chi connectivity index (χ1) is 13.1. The first-order valence-electron chi connectivity index (χ1n) is 7.98. The van der Waals surface area contributed by atoms with Crippen LogP contribution in [0.5, 0.6) is 0 Å². The van der Waals surface area contributed by atoms with E-state index < -0.39 is 11.8 Å². The van der Waals surface area contributed by atoms with Crippen LogP contribution in [0.3, 0.4) is 0 Å². The monoisotopic (exact) mass is 397 g/mol. The Morgan fingerprint density at radius 1 is 1.22 bits per heavy atom. The average molecular weight is 398 g/mol. The van der Waals surface area contributed by atoms with Crippen LogP contribution in [0.25, 0.3) is 0 Å². The van der Waals surface area contributed by atoms with Crippen molar-refractivity contribution in [1.29, 1.82) is 0 Å². The van der Waals surface area contributed by atoms with Gasteiger partial charge in [0.05, 0.1) is 27.0 Å². The quantitative estimate of drug-likeness (QED) is 0.374. The van der Waals surface area contributed by atoms with E-state index in [1.54, 1.807) is 47.8 Å². The van der Waals surface area contributed by atoms with Gasteiger partial charge in [0, 0.05) is 6.20 Å². The smallest absolute Gasteiger partial charge is 0.263 e. The molecule has 1 atom stereocenters. The molecule has 0 aliphatic carbocycles. The minimum Gasteiger partial charge on any atom is -0.292 e. The van der Waals surface area contributed by atoms with Gasteiger partial charge in [0.1, 0.15) is 5.92 Å². The molecule has 27 heavy (non-hydrogen) atoms. The van der Waals surface area contributed by atoms with E-state index in [1.165, 1.54) is 23.6 Å². The molecule has 0 fully saturated rings. The average Bonchev–Trinajstić information content (AvgIpc) is 3.30. The maximum Gasteiger partial charge on any atom is 0.263 e. The maximum absolute atomic E-state index is 13.2. The summed E-state index contributed by atoms with van der Waals surface area (Å²) in [4.78, 5) is 42.7. The van der Waals surface area contributed by atoms with Crippen molar-refractivity contribution in [3.8, 4) is 0 Å². The Kier molecular flexibility index (Phi) is 4.47. The third-order valence-electron chi connectivity index (χ3n) is 4.18. The third kappa shape index (κ3) is 2.90. The molecule has 0 saturated carbocycles. The first-order valence-corrected chi connectivity index (χ1v) is 9.24. The van der Waals surface area contributed by atoms with Crippen LogP contribution in [0, 0.1) is 0 Å². The number of pyridine rings is 1. The Bertz CT molecular complexity index is 1020. The molecule has 6 nitrogen and oxygen atoms in total. The molecule has 3 aromatic rings. The molecule has 0 saturated heterocycles. The van der Waals surface area contributed by atoms with Crippen molar-refractivity contribution in [1.82, 2.24) is 4.98 Å². The van der Waals surface area contributed by atoms with E-state index in [4.69, 9.17) is 11.6 Å². The van der Waals surface area contributed by atoms with Crippen LogP contribution in [0.15, 0.2) is 60.1 Å². The van der Waals surface area contributed by atoms with E-state index in [9.17, 15) is 14.4 Å². The lowest BCUT2D eigenvalue weighted by atomic mass is 10.00.